The van der Waals surface area contributed by atoms with E-state index in [1.807, 2.05) is 44.2 Å². The van der Waals surface area contributed by atoms with Gasteiger partial charge in [-0.15, -0.1) is 0 Å². The zero-order chi connectivity index (χ0) is 18.7. The van der Waals surface area contributed by atoms with E-state index in [1.165, 1.54) is 0 Å². The summed E-state index contributed by atoms with van der Waals surface area (Å²) in [7, 11) is 0. The molecule has 1 aromatic heterocycles. The first-order valence-corrected chi connectivity index (χ1v) is 8.83. The van der Waals surface area contributed by atoms with E-state index in [2.05, 4.69) is 26.2 Å². The third-order valence-corrected chi connectivity index (χ3v) is 4.71. The molecule has 0 unspecified atom stereocenters. The summed E-state index contributed by atoms with van der Waals surface area (Å²) in [6.07, 6.45) is 0. The Morgan fingerprint density at radius 3 is 2.65 bits per heavy atom. The Morgan fingerprint density at radius 1 is 1.12 bits per heavy atom. The van der Waals surface area contributed by atoms with Crippen molar-refractivity contribution < 1.29 is 14.3 Å². The van der Waals surface area contributed by atoms with Crippen LogP contribution in [0.3, 0.4) is 0 Å². The Labute approximate surface area is 159 Å². The zero-order valence-corrected chi connectivity index (χ0v) is 16.0. The molecule has 3 rings (SSSR count). The van der Waals surface area contributed by atoms with Crippen LogP contribution >= 0.6 is 15.9 Å². The van der Waals surface area contributed by atoms with Crippen LogP contribution in [-0.2, 0) is 9.53 Å². The van der Waals surface area contributed by atoms with Crippen molar-refractivity contribution in [3.8, 4) is 0 Å². The number of aromatic nitrogens is 1. The van der Waals surface area contributed by atoms with Gasteiger partial charge in [0.25, 0.3) is 5.91 Å². The number of pyridine rings is 1. The van der Waals surface area contributed by atoms with E-state index in [0.717, 1.165) is 10.0 Å². The number of halogens is 1. The second kappa shape index (κ2) is 7.66. The van der Waals surface area contributed by atoms with Gasteiger partial charge in [0, 0.05) is 21.2 Å². The van der Waals surface area contributed by atoms with Crippen LogP contribution in [0.1, 0.15) is 21.6 Å². The molecule has 0 atom stereocenters. The Balaban J connectivity index is 1.69. The molecule has 1 N–H and O–H groups in total. The van der Waals surface area contributed by atoms with Crippen molar-refractivity contribution >= 4 is 44.4 Å². The number of amides is 1. The summed E-state index contributed by atoms with van der Waals surface area (Å²) >= 11 is 3.42. The highest BCUT2D eigenvalue weighted by atomic mass is 79.9. The second-order valence-corrected chi connectivity index (χ2v) is 6.77. The van der Waals surface area contributed by atoms with E-state index in [-0.39, 0.29) is 6.61 Å². The lowest BCUT2D eigenvalue weighted by Gasteiger charge is -2.09. The number of carbonyl (C=O) groups excluding carboxylic acids is 2. The van der Waals surface area contributed by atoms with Crippen molar-refractivity contribution in [1.29, 1.82) is 0 Å². The maximum absolute atomic E-state index is 12.4. The molecule has 6 heteroatoms. The highest BCUT2D eigenvalue weighted by Gasteiger charge is 2.15. The smallest absolute Gasteiger partial charge is 0.339 e. The maximum atomic E-state index is 12.4. The number of ether oxygens (including phenoxy) is 1. The summed E-state index contributed by atoms with van der Waals surface area (Å²) in [6.45, 7) is 3.41. The molecule has 0 spiro atoms. The number of esters is 1. The van der Waals surface area contributed by atoms with E-state index in [1.54, 1.807) is 18.2 Å². The Hall–Kier alpha value is -2.73. The van der Waals surface area contributed by atoms with Crippen LogP contribution in [0, 0.1) is 13.8 Å². The van der Waals surface area contributed by atoms with Gasteiger partial charge >= 0.3 is 5.97 Å². The minimum absolute atomic E-state index is 0.361. The van der Waals surface area contributed by atoms with Gasteiger partial charge in [-0.1, -0.05) is 40.2 Å². The molecule has 1 heterocycles. The molecule has 132 valence electrons. The number of anilines is 1. The maximum Gasteiger partial charge on any atom is 0.339 e. The first kappa shape index (κ1) is 18.1. The molecule has 0 aliphatic carbocycles. The highest BCUT2D eigenvalue weighted by Crippen LogP contribution is 2.21. The molecule has 2 aromatic carbocycles. The predicted molar refractivity (Wildman–Crippen MR) is 104 cm³/mol. The quantitative estimate of drug-likeness (QED) is 0.644. The van der Waals surface area contributed by atoms with E-state index in [0.29, 0.717) is 27.8 Å². The van der Waals surface area contributed by atoms with Gasteiger partial charge in [-0.3, -0.25) is 9.78 Å². The molecule has 0 saturated carbocycles. The molecule has 0 bridgehead atoms. The number of hydrogen-bond acceptors (Lipinski definition) is 4. The molecule has 0 aliphatic rings. The first-order chi connectivity index (χ1) is 12.4. The Morgan fingerprint density at radius 2 is 1.88 bits per heavy atom. The van der Waals surface area contributed by atoms with Crippen molar-refractivity contribution in [2.45, 2.75) is 13.8 Å². The van der Waals surface area contributed by atoms with Crippen LogP contribution < -0.4 is 5.32 Å². The lowest BCUT2D eigenvalue weighted by atomic mass is 10.1. The molecule has 26 heavy (non-hydrogen) atoms. The SMILES string of the molecule is Cc1cc(C(=O)OCC(=O)Nc2ccc(C)c(Br)c2)c2ccccc2n1. The molecule has 0 fully saturated rings. The number of benzene rings is 2. The van der Waals surface area contributed by atoms with Crippen molar-refractivity contribution in [3.05, 3.63) is 69.8 Å². The molecule has 1 amide bonds. The Kier molecular flexibility index (Phi) is 5.32. The summed E-state index contributed by atoms with van der Waals surface area (Å²) in [6, 6.07) is 14.5. The second-order valence-electron chi connectivity index (χ2n) is 5.92. The average Bonchev–Trinajstić information content (AvgIpc) is 2.62. The van der Waals surface area contributed by atoms with Crippen LogP contribution in [0.4, 0.5) is 5.69 Å². The molecule has 0 aliphatic heterocycles. The predicted octanol–water partition coefficient (Wildman–Crippen LogP) is 4.41. The van der Waals surface area contributed by atoms with Gasteiger partial charge in [0.05, 0.1) is 11.1 Å². The van der Waals surface area contributed by atoms with E-state index < -0.39 is 11.9 Å². The number of fused-ring (bicyclic) bond motifs is 1. The lowest BCUT2D eigenvalue weighted by molar-refractivity contribution is -0.119. The topological polar surface area (TPSA) is 68.3 Å². The fourth-order valence-corrected chi connectivity index (χ4v) is 2.93. The summed E-state index contributed by atoms with van der Waals surface area (Å²) < 4.78 is 6.08. The molecule has 3 aromatic rings. The highest BCUT2D eigenvalue weighted by molar-refractivity contribution is 9.10. The monoisotopic (exact) mass is 412 g/mol. The van der Waals surface area contributed by atoms with Gasteiger partial charge in [0.15, 0.2) is 6.61 Å². The number of nitrogens with one attached hydrogen (secondary N) is 1. The lowest BCUT2D eigenvalue weighted by Crippen LogP contribution is -2.21. The van der Waals surface area contributed by atoms with Crippen LogP contribution in [0.15, 0.2) is 53.0 Å². The largest absolute Gasteiger partial charge is 0.452 e. The first-order valence-electron chi connectivity index (χ1n) is 8.03. The fraction of sp³-hybridized carbons (Fsp3) is 0.150. The number of rotatable bonds is 4. The summed E-state index contributed by atoms with van der Waals surface area (Å²) in [5, 5.41) is 3.41. The number of para-hydroxylation sites is 1. The third kappa shape index (κ3) is 4.08. The summed E-state index contributed by atoms with van der Waals surface area (Å²) in [4.78, 5) is 28.9. The van der Waals surface area contributed by atoms with Crippen LogP contribution in [0.25, 0.3) is 10.9 Å². The van der Waals surface area contributed by atoms with Gasteiger partial charge in [-0.25, -0.2) is 4.79 Å². The fourth-order valence-electron chi connectivity index (χ4n) is 2.55. The van der Waals surface area contributed by atoms with Gasteiger partial charge in [-0.2, -0.15) is 0 Å². The van der Waals surface area contributed by atoms with Gasteiger partial charge in [0.2, 0.25) is 0 Å². The molecular formula is C20H17BrN2O3. The van der Waals surface area contributed by atoms with Crippen molar-refractivity contribution in [2.75, 3.05) is 11.9 Å². The number of aryl methyl sites for hydroxylation is 2. The van der Waals surface area contributed by atoms with Crippen LogP contribution in [0.5, 0.6) is 0 Å². The summed E-state index contributed by atoms with van der Waals surface area (Å²) in [5.41, 5.74) is 3.53. The molecule has 5 nitrogen and oxygen atoms in total. The third-order valence-electron chi connectivity index (χ3n) is 3.85. The van der Waals surface area contributed by atoms with E-state index in [4.69, 9.17) is 4.74 Å². The van der Waals surface area contributed by atoms with Gasteiger partial charge in [0.1, 0.15) is 0 Å². The van der Waals surface area contributed by atoms with Gasteiger partial charge in [-0.05, 0) is 43.7 Å². The van der Waals surface area contributed by atoms with Crippen molar-refractivity contribution in [2.24, 2.45) is 0 Å². The zero-order valence-electron chi connectivity index (χ0n) is 14.4. The molecule has 0 radical (unpaired) electrons. The van der Waals surface area contributed by atoms with Crippen molar-refractivity contribution in [1.82, 2.24) is 4.98 Å². The molecule has 0 saturated heterocycles. The minimum atomic E-state index is -0.549. The number of nitrogens with zero attached hydrogens (tertiary/aromatic N) is 1. The van der Waals surface area contributed by atoms with Crippen LogP contribution in [0.2, 0.25) is 0 Å². The van der Waals surface area contributed by atoms with E-state index in [9.17, 15) is 9.59 Å². The summed E-state index contributed by atoms with van der Waals surface area (Å²) in [5.74, 6) is -0.948. The molecular weight excluding hydrogens is 396 g/mol. The van der Waals surface area contributed by atoms with Crippen LogP contribution in [-0.4, -0.2) is 23.5 Å². The normalized spacial score (nSPS) is 10.6. The number of carbonyl (C=O) groups is 2. The van der Waals surface area contributed by atoms with Gasteiger partial charge < -0.3 is 10.1 Å². The standard InChI is InChI=1S/C20H17BrN2O3/c1-12-7-8-14(10-17(12)21)23-19(24)11-26-20(25)16-9-13(2)22-18-6-4-3-5-15(16)18/h3-10H,11H2,1-2H3,(H,23,24). The minimum Gasteiger partial charge on any atom is -0.452 e. The number of hydrogen-bond donors (Lipinski definition) is 1. The average molecular weight is 413 g/mol. The van der Waals surface area contributed by atoms with E-state index >= 15 is 0 Å². The Bertz CT molecular complexity index is 1000. The van der Waals surface area contributed by atoms with Crippen molar-refractivity contribution in [3.63, 3.8) is 0 Å².